The van der Waals surface area contributed by atoms with Gasteiger partial charge in [-0.15, -0.1) is 0 Å². The van der Waals surface area contributed by atoms with Crippen molar-refractivity contribution in [2.75, 3.05) is 25.1 Å². The molecule has 0 aliphatic carbocycles. The molecule has 1 unspecified atom stereocenters. The van der Waals surface area contributed by atoms with Crippen molar-refractivity contribution in [2.24, 2.45) is 5.11 Å². The maximum absolute atomic E-state index is 13.8. The number of alkyl halides is 3. The van der Waals surface area contributed by atoms with Crippen molar-refractivity contribution in [3.05, 3.63) is 82.5 Å². The van der Waals surface area contributed by atoms with Gasteiger partial charge >= 0.3 is 6.18 Å². The topological polar surface area (TPSA) is 116 Å². The van der Waals surface area contributed by atoms with Gasteiger partial charge in [-0.1, -0.05) is 46.1 Å². The highest BCUT2D eigenvalue weighted by atomic mass is 35.5. The smallest absolute Gasteiger partial charge is 0.439 e. The summed E-state index contributed by atoms with van der Waals surface area (Å²) in [7, 11) is -4.14. The number of nitrogens with one attached hydrogen (secondary N) is 1. The second-order valence-corrected chi connectivity index (χ2v) is 12.0. The molecule has 5 rings (SSSR count). The first-order valence-electron chi connectivity index (χ1n) is 12.9. The number of hydrogen-bond donors (Lipinski definition) is 3. The second-order valence-electron chi connectivity index (χ2n) is 9.79. The van der Waals surface area contributed by atoms with Crippen LogP contribution in [0.25, 0.3) is 10.9 Å². The summed E-state index contributed by atoms with van der Waals surface area (Å²) in [5.41, 5.74) is 3.03. The number of aromatic nitrogens is 1. The maximum atomic E-state index is 13.8. The summed E-state index contributed by atoms with van der Waals surface area (Å²) in [5.74, 6) is -0.308. The van der Waals surface area contributed by atoms with Crippen molar-refractivity contribution >= 4 is 43.9 Å². The molecular weight excluding hydrogens is 597 g/mol. The number of nitrogens with zero attached hydrogens (tertiary/aromatic N) is 3. The van der Waals surface area contributed by atoms with E-state index < -0.39 is 29.2 Å². The van der Waals surface area contributed by atoms with Crippen LogP contribution in [0, 0.1) is 6.92 Å². The van der Waals surface area contributed by atoms with Gasteiger partial charge in [0.1, 0.15) is 5.52 Å². The Hall–Kier alpha value is -3.65. The Morgan fingerprint density at radius 1 is 1.17 bits per heavy atom. The van der Waals surface area contributed by atoms with Gasteiger partial charge in [0.05, 0.1) is 16.0 Å². The van der Waals surface area contributed by atoms with Gasteiger partial charge in [-0.05, 0) is 53.9 Å². The molecule has 42 heavy (non-hydrogen) atoms. The van der Waals surface area contributed by atoms with Gasteiger partial charge in [0.25, 0.3) is 16.3 Å². The Kier molecular flexibility index (Phi) is 8.21. The van der Waals surface area contributed by atoms with E-state index in [1.54, 1.807) is 30.3 Å². The lowest BCUT2D eigenvalue weighted by Crippen LogP contribution is -2.31. The largest absolute Gasteiger partial charge is 0.504 e. The number of aryl methyl sites for hydroxylation is 1. The molecule has 1 aromatic heterocycles. The molecule has 0 bridgehead atoms. The molecule has 4 aromatic rings. The molecule has 0 spiro atoms. The van der Waals surface area contributed by atoms with E-state index in [4.69, 9.17) is 11.6 Å². The van der Waals surface area contributed by atoms with Crippen LogP contribution >= 0.6 is 11.6 Å². The van der Waals surface area contributed by atoms with Gasteiger partial charge in [0.15, 0.2) is 12.3 Å². The summed E-state index contributed by atoms with van der Waals surface area (Å²) in [5, 5.41) is 28.8. The third-order valence-electron chi connectivity index (χ3n) is 6.90. The van der Waals surface area contributed by atoms with Gasteiger partial charge in [0, 0.05) is 30.3 Å². The Morgan fingerprint density at radius 2 is 1.86 bits per heavy atom. The van der Waals surface area contributed by atoms with Crippen LogP contribution in [0.5, 0.6) is 5.75 Å². The van der Waals surface area contributed by atoms with E-state index in [9.17, 15) is 31.8 Å². The van der Waals surface area contributed by atoms with Crippen LogP contribution in [0.1, 0.15) is 16.7 Å². The van der Waals surface area contributed by atoms with Crippen molar-refractivity contribution in [1.29, 1.82) is 0 Å². The van der Waals surface area contributed by atoms with Crippen molar-refractivity contribution in [3.63, 3.8) is 0 Å². The molecule has 2 heterocycles. The van der Waals surface area contributed by atoms with Crippen LogP contribution in [0.4, 0.5) is 24.5 Å². The highest BCUT2D eigenvalue weighted by Crippen LogP contribution is 2.45. The number of phenols is 1. The summed E-state index contributed by atoms with van der Waals surface area (Å²) in [6.07, 6.45) is -5.70. The number of anilines is 1. The predicted octanol–water partition coefficient (Wildman–Crippen LogP) is 5.71. The second kappa shape index (κ2) is 11.6. The van der Waals surface area contributed by atoms with Gasteiger partial charge < -0.3 is 20.3 Å². The standard InChI is InChI=1S/C28H26ClF3N4O5S/c1-17-2-8-21(9-3-17)42(39,40)36-15-19-11-13-35(34-16-41-27(38)28(30,31)32)23-14-22(26(37)25(36)24(19)23)33-12-10-18-4-6-20(29)7-5-18/h2-9,14-15,27,34,38H,10-13,16H2,1H3/p+1. The average Bonchev–Trinajstić information content (AvgIpc) is 3.34. The van der Waals surface area contributed by atoms with Crippen LogP contribution in [-0.4, -0.2) is 59.6 Å². The van der Waals surface area contributed by atoms with Crippen LogP contribution in [0.3, 0.4) is 0 Å². The van der Waals surface area contributed by atoms with E-state index >= 15 is 0 Å². The van der Waals surface area contributed by atoms with Gasteiger partial charge in [-0.3, -0.25) is 0 Å². The summed E-state index contributed by atoms with van der Waals surface area (Å²) in [6, 6.07) is 15.1. The zero-order chi connectivity index (χ0) is 30.2. The van der Waals surface area contributed by atoms with E-state index in [1.165, 1.54) is 23.0 Å². The fraction of sp³-hybridized carbons (Fsp3) is 0.286. The van der Waals surface area contributed by atoms with E-state index in [-0.39, 0.29) is 34.8 Å². The Labute approximate surface area is 244 Å². The molecule has 0 amide bonds. The van der Waals surface area contributed by atoms with Crippen molar-refractivity contribution in [1.82, 2.24) is 3.97 Å². The van der Waals surface area contributed by atoms with Gasteiger partial charge in [-0.2, -0.15) is 13.2 Å². The van der Waals surface area contributed by atoms with E-state index in [0.29, 0.717) is 34.6 Å². The normalized spacial score (nSPS) is 15.3. The molecule has 3 N–H and O–H groups in total. The lowest BCUT2D eigenvalue weighted by atomic mass is 10.0. The number of halogens is 4. The summed E-state index contributed by atoms with van der Waals surface area (Å²) in [4.78, 5) is 0.0222. The van der Waals surface area contributed by atoms with Crippen LogP contribution in [0.2, 0.25) is 5.02 Å². The third kappa shape index (κ3) is 5.95. The third-order valence-corrected chi connectivity index (χ3v) is 8.83. The fourth-order valence-electron chi connectivity index (χ4n) is 4.74. The van der Waals surface area contributed by atoms with Gasteiger partial charge in [0.2, 0.25) is 12.4 Å². The number of azo groups is 2. The molecule has 0 saturated carbocycles. The Balaban J connectivity index is 1.58. The molecule has 0 fully saturated rings. The van der Waals surface area contributed by atoms with Crippen molar-refractivity contribution in [2.45, 2.75) is 37.1 Å². The minimum atomic E-state index is -4.97. The number of phenolic OH excluding ortho intramolecular Hbond substituents is 1. The maximum Gasteiger partial charge on any atom is 0.439 e. The molecule has 0 radical (unpaired) electrons. The van der Waals surface area contributed by atoms with Crippen LogP contribution < -0.4 is 5.32 Å². The summed E-state index contributed by atoms with van der Waals surface area (Å²) < 4.78 is 72.5. The predicted molar refractivity (Wildman–Crippen MR) is 150 cm³/mol. The first-order valence-corrected chi connectivity index (χ1v) is 14.7. The number of benzene rings is 3. The molecule has 1 aliphatic rings. The zero-order valence-electron chi connectivity index (χ0n) is 22.3. The number of ether oxygens (including phenoxy) is 1. The zero-order valence-corrected chi connectivity index (χ0v) is 23.8. The van der Waals surface area contributed by atoms with Crippen LogP contribution in [-0.2, 0) is 27.6 Å². The van der Waals surface area contributed by atoms with E-state index in [0.717, 1.165) is 15.1 Å². The first kappa shape index (κ1) is 29.8. The molecule has 1 aliphatic heterocycles. The highest BCUT2D eigenvalue weighted by Gasteiger charge is 2.40. The van der Waals surface area contributed by atoms with Gasteiger partial charge in [-0.25, -0.2) is 12.4 Å². The molecule has 1 atom stereocenters. The number of rotatable bonds is 9. The van der Waals surface area contributed by atoms with E-state index in [2.05, 4.69) is 15.2 Å². The monoisotopic (exact) mass is 623 g/mol. The Morgan fingerprint density at radius 3 is 2.52 bits per heavy atom. The lowest BCUT2D eigenvalue weighted by molar-refractivity contribution is -0.519. The molecule has 222 valence electrons. The molecule has 14 heteroatoms. The number of hydrogen-bond acceptors (Lipinski definition) is 7. The molecular formula is C28H27ClF3N4O5S+. The van der Waals surface area contributed by atoms with E-state index in [1.807, 2.05) is 19.1 Å². The molecule has 9 nitrogen and oxygen atoms in total. The molecule has 3 aromatic carbocycles. The number of aliphatic hydroxyl groups is 1. The fourth-order valence-corrected chi connectivity index (χ4v) is 6.26. The van der Waals surface area contributed by atoms with Crippen molar-refractivity contribution in [3.8, 4) is 5.75 Å². The minimum Gasteiger partial charge on any atom is -0.504 e. The summed E-state index contributed by atoms with van der Waals surface area (Å²) >= 11 is 5.96. The molecule has 0 saturated heterocycles. The average molecular weight is 624 g/mol. The Bertz CT molecular complexity index is 1760. The SMILES string of the molecule is Cc1ccc(S(=O)(=O)n2cc3c4c(cc(NCCc5ccc(Cl)cc5)c(O)c42)[N+](=NCOC(O)C(F)(F)F)CC3)cc1. The summed E-state index contributed by atoms with van der Waals surface area (Å²) in [6.45, 7) is 1.57. The first-order chi connectivity index (χ1) is 19.9. The van der Waals surface area contributed by atoms with Crippen molar-refractivity contribution < 1.29 is 41.2 Å². The number of aromatic hydroxyl groups is 1. The quantitative estimate of drug-likeness (QED) is 0.125. The highest BCUT2D eigenvalue weighted by molar-refractivity contribution is 7.90. The minimum absolute atomic E-state index is 0.00760. The lowest BCUT2D eigenvalue weighted by Gasteiger charge is -2.16. The van der Waals surface area contributed by atoms with Crippen LogP contribution in [0.15, 0.2) is 70.8 Å². The number of aliphatic hydroxyl groups excluding tert-OH is 1.